The van der Waals surface area contributed by atoms with Crippen molar-refractivity contribution in [1.82, 2.24) is 9.55 Å². The molecule has 2 aliphatic rings. The third-order valence-electron chi connectivity index (χ3n) is 4.55. The lowest BCUT2D eigenvalue weighted by molar-refractivity contribution is 0.551. The first-order valence-corrected chi connectivity index (χ1v) is 9.01. The van der Waals surface area contributed by atoms with E-state index in [1.165, 1.54) is 5.56 Å². The van der Waals surface area contributed by atoms with Gasteiger partial charge in [0.1, 0.15) is 5.82 Å². The van der Waals surface area contributed by atoms with E-state index >= 15 is 0 Å². The Kier molecular flexibility index (Phi) is 4.09. The number of nitrogen functional groups attached to an aromatic ring is 1. The first-order valence-electron chi connectivity index (χ1n) is 8.21. The summed E-state index contributed by atoms with van der Waals surface area (Å²) in [6.07, 6.45) is 8.26. The van der Waals surface area contributed by atoms with Crippen molar-refractivity contribution in [2.75, 3.05) is 5.73 Å². The number of aryl methyl sites for hydroxylation is 1. The smallest absolute Gasteiger partial charge is 0.108 e. The van der Waals surface area contributed by atoms with Gasteiger partial charge in [0, 0.05) is 45.7 Å². The minimum Gasteiger partial charge on any atom is -0.472 e. The molecule has 2 N–H and O–H groups in total. The van der Waals surface area contributed by atoms with Crippen LogP contribution in [0.1, 0.15) is 18.3 Å². The molecule has 1 aromatic heterocycles. The molecule has 0 atom stereocenters. The number of para-hydroxylation sites is 1. The third kappa shape index (κ3) is 2.65. The van der Waals surface area contributed by atoms with Gasteiger partial charge in [0.05, 0.1) is 19.1 Å². The van der Waals surface area contributed by atoms with Gasteiger partial charge in [0.2, 0.25) is 0 Å². The molecule has 0 saturated heterocycles. The number of aromatic nitrogens is 2. The number of fused-ring (bicyclic) bond motifs is 1. The number of rotatable bonds is 4. The Bertz CT molecular complexity index is 1000. The number of anilines is 1. The summed E-state index contributed by atoms with van der Waals surface area (Å²) in [7, 11) is 0. The fraction of sp³-hybridized carbons (Fsp3) is 0.150. The Morgan fingerprint density at radius 3 is 2.80 bits per heavy atom. The second-order valence-corrected chi connectivity index (χ2v) is 6.76. The Morgan fingerprint density at radius 2 is 2.00 bits per heavy atom. The van der Waals surface area contributed by atoms with Gasteiger partial charge in [-0.1, -0.05) is 25.1 Å². The molecular formula is C20H18BrN3O. The van der Waals surface area contributed by atoms with E-state index in [4.69, 9.17) is 10.2 Å². The van der Waals surface area contributed by atoms with Crippen molar-refractivity contribution in [1.29, 1.82) is 0 Å². The Morgan fingerprint density at radius 1 is 1.16 bits per heavy atom. The summed E-state index contributed by atoms with van der Waals surface area (Å²) in [6, 6.07) is 9.97. The van der Waals surface area contributed by atoms with Gasteiger partial charge in [-0.25, -0.2) is 4.98 Å². The average Bonchev–Trinajstić information content (AvgIpc) is 3.19. The number of benzene rings is 1. The van der Waals surface area contributed by atoms with Gasteiger partial charge in [-0.2, -0.15) is 0 Å². The highest BCUT2D eigenvalue weighted by molar-refractivity contribution is 9.10. The van der Waals surface area contributed by atoms with Crippen molar-refractivity contribution >= 4 is 21.6 Å². The Balaban J connectivity index is 1.97. The third-order valence-corrected chi connectivity index (χ3v) is 5.37. The van der Waals surface area contributed by atoms with Crippen molar-refractivity contribution in [2.45, 2.75) is 19.9 Å². The van der Waals surface area contributed by atoms with Crippen LogP contribution in [0.5, 0.6) is 0 Å². The highest BCUT2D eigenvalue weighted by Gasteiger charge is 2.24. The molecule has 2 heterocycles. The highest BCUT2D eigenvalue weighted by Crippen LogP contribution is 2.47. The minimum atomic E-state index is 0.735. The van der Waals surface area contributed by atoms with Crippen molar-refractivity contribution < 1.29 is 4.42 Å². The van der Waals surface area contributed by atoms with E-state index in [0.29, 0.717) is 0 Å². The number of hydrogen-bond donors (Lipinski definition) is 1. The molecule has 0 fully saturated rings. The van der Waals surface area contributed by atoms with Gasteiger partial charge in [-0.15, -0.1) is 0 Å². The number of hydrogen-bond acceptors (Lipinski definition) is 3. The summed E-state index contributed by atoms with van der Waals surface area (Å²) >= 11 is 3.77. The van der Waals surface area contributed by atoms with Gasteiger partial charge in [0.25, 0.3) is 0 Å². The second-order valence-electron chi connectivity index (χ2n) is 5.96. The molecule has 1 aromatic carbocycles. The summed E-state index contributed by atoms with van der Waals surface area (Å²) in [5.41, 5.74) is 12.6. The molecule has 0 spiro atoms. The number of halogens is 1. The monoisotopic (exact) mass is 395 g/mol. The summed E-state index contributed by atoms with van der Waals surface area (Å²) in [6.45, 7) is 2.85. The van der Waals surface area contributed by atoms with E-state index in [2.05, 4.69) is 38.5 Å². The number of imidazole rings is 1. The molecule has 0 amide bonds. The van der Waals surface area contributed by atoms with E-state index < -0.39 is 0 Å². The van der Waals surface area contributed by atoms with Crippen LogP contribution < -0.4 is 5.73 Å². The van der Waals surface area contributed by atoms with E-state index in [9.17, 15) is 0 Å². The zero-order chi connectivity index (χ0) is 17.4. The van der Waals surface area contributed by atoms with E-state index in [-0.39, 0.29) is 0 Å². The maximum Gasteiger partial charge on any atom is 0.108 e. The lowest BCUT2D eigenvalue weighted by Gasteiger charge is -2.12. The largest absolute Gasteiger partial charge is 0.472 e. The van der Waals surface area contributed by atoms with Crippen molar-refractivity contribution in [3.63, 3.8) is 0 Å². The maximum atomic E-state index is 6.28. The van der Waals surface area contributed by atoms with E-state index in [1.807, 2.05) is 36.7 Å². The fourth-order valence-electron chi connectivity index (χ4n) is 3.34. The van der Waals surface area contributed by atoms with Gasteiger partial charge >= 0.3 is 0 Å². The summed E-state index contributed by atoms with van der Waals surface area (Å²) in [5.74, 6) is 1.07. The van der Waals surface area contributed by atoms with Crippen LogP contribution in [0.15, 0.2) is 64.1 Å². The Labute approximate surface area is 154 Å². The first kappa shape index (κ1) is 16.0. The van der Waals surface area contributed by atoms with Gasteiger partial charge in [-0.3, -0.25) is 0 Å². The van der Waals surface area contributed by atoms with Crippen molar-refractivity contribution in [2.24, 2.45) is 0 Å². The standard InChI is InChI=1S/C20H18BrN3O/c1-2-18-23-8-9-24(18)11-15-13-7-10-25-12-16(13)20(21)19(15)14-5-3-4-6-17(14)22/h3-10,12H,2,11,22H2,1H3. The van der Waals surface area contributed by atoms with E-state index in [0.717, 1.165) is 51.2 Å². The van der Waals surface area contributed by atoms with Crippen molar-refractivity contribution in [3.8, 4) is 22.3 Å². The first-order chi connectivity index (χ1) is 12.2. The molecule has 25 heavy (non-hydrogen) atoms. The topological polar surface area (TPSA) is 57.0 Å². The van der Waals surface area contributed by atoms with Crippen molar-refractivity contribution in [3.05, 3.63) is 71.1 Å². The lowest BCUT2D eigenvalue weighted by atomic mass is 10.0. The molecule has 1 aliphatic heterocycles. The second kappa shape index (κ2) is 6.41. The highest BCUT2D eigenvalue weighted by atomic mass is 79.9. The van der Waals surface area contributed by atoms with Gasteiger partial charge in [0.15, 0.2) is 0 Å². The van der Waals surface area contributed by atoms with Crippen LogP contribution in [0.25, 0.3) is 22.3 Å². The van der Waals surface area contributed by atoms with Gasteiger partial charge < -0.3 is 14.7 Å². The number of nitrogens with zero attached hydrogens (tertiary/aromatic N) is 2. The van der Waals surface area contributed by atoms with Gasteiger partial charge in [-0.05, 0) is 39.2 Å². The van der Waals surface area contributed by atoms with E-state index in [1.54, 1.807) is 12.5 Å². The molecule has 126 valence electrons. The summed E-state index contributed by atoms with van der Waals surface area (Å²) < 4.78 is 8.61. The Hall–Kier alpha value is -2.53. The molecule has 0 unspecified atom stereocenters. The maximum absolute atomic E-state index is 6.28. The van der Waals surface area contributed by atoms with Crippen LogP contribution in [0.4, 0.5) is 5.69 Å². The SMILES string of the molecule is CCc1nccn1Cc1c2ccocc-2c(Br)c1-c1ccccc1N. The molecule has 0 radical (unpaired) electrons. The van der Waals surface area contributed by atoms with Crippen LogP contribution in [0.2, 0.25) is 0 Å². The fourth-order valence-corrected chi connectivity index (χ4v) is 4.10. The summed E-state index contributed by atoms with van der Waals surface area (Å²) in [4.78, 5) is 4.45. The predicted molar refractivity (Wildman–Crippen MR) is 104 cm³/mol. The molecular weight excluding hydrogens is 378 g/mol. The molecule has 4 rings (SSSR count). The molecule has 1 aliphatic carbocycles. The average molecular weight is 396 g/mol. The van der Waals surface area contributed by atoms with Crippen LogP contribution in [-0.2, 0) is 13.0 Å². The molecule has 0 saturated carbocycles. The summed E-state index contributed by atoms with van der Waals surface area (Å²) in [5, 5.41) is 0. The molecule has 2 aromatic rings. The van der Waals surface area contributed by atoms with Crippen LogP contribution in [0, 0.1) is 0 Å². The van der Waals surface area contributed by atoms with Crippen LogP contribution in [0.3, 0.4) is 0 Å². The molecule has 4 nitrogen and oxygen atoms in total. The lowest BCUT2D eigenvalue weighted by Crippen LogP contribution is -2.04. The molecule has 0 bridgehead atoms. The number of nitrogens with two attached hydrogens (primary N) is 1. The molecule has 5 heteroatoms. The normalized spacial score (nSPS) is 11.3. The zero-order valence-electron chi connectivity index (χ0n) is 13.9. The van der Waals surface area contributed by atoms with Crippen LogP contribution >= 0.6 is 15.9 Å². The van der Waals surface area contributed by atoms with Crippen LogP contribution in [-0.4, -0.2) is 9.55 Å². The minimum absolute atomic E-state index is 0.735. The zero-order valence-corrected chi connectivity index (χ0v) is 15.5. The predicted octanol–water partition coefficient (Wildman–Crippen LogP) is 5.20. The quantitative estimate of drug-likeness (QED) is 0.482.